The van der Waals surface area contributed by atoms with Gasteiger partial charge in [0, 0.05) is 32.6 Å². The summed E-state index contributed by atoms with van der Waals surface area (Å²) in [5.41, 5.74) is 1.03. The molecule has 1 aromatic rings. The molecule has 0 atom stereocenters. The van der Waals surface area contributed by atoms with Crippen molar-refractivity contribution in [2.45, 2.75) is 44.4 Å². The number of piperazine rings is 1. The predicted molar refractivity (Wildman–Crippen MR) is 90.7 cm³/mol. The van der Waals surface area contributed by atoms with Gasteiger partial charge < -0.3 is 4.90 Å². The van der Waals surface area contributed by atoms with E-state index < -0.39 is 10.0 Å². The van der Waals surface area contributed by atoms with Crippen LogP contribution in [0.3, 0.4) is 0 Å². The van der Waals surface area contributed by atoms with Crippen LogP contribution in [0.25, 0.3) is 0 Å². The highest BCUT2D eigenvalue weighted by Gasteiger charge is 2.29. The van der Waals surface area contributed by atoms with Gasteiger partial charge in [-0.15, -0.1) is 0 Å². The van der Waals surface area contributed by atoms with E-state index in [-0.39, 0.29) is 5.91 Å². The van der Waals surface area contributed by atoms with Gasteiger partial charge in [-0.2, -0.15) is 4.31 Å². The molecule has 6 heteroatoms. The Balaban J connectivity index is 1.93. The summed E-state index contributed by atoms with van der Waals surface area (Å²) in [5.74, 6) is 0.144. The van der Waals surface area contributed by atoms with Crippen molar-refractivity contribution in [3.05, 3.63) is 29.8 Å². The number of rotatable bonds is 6. The highest BCUT2D eigenvalue weighted by atomic mass is 32.2. The lowest BCUT2D eigenvalue weighted by Gasteiger charge is -2.34. The monoisotopic (exact) mass is 338 g/mol. The molecule has 1 saturated heterocycles. The molecule has 1 aliphatic heterocycles. The minimum atomic E-state index is -3.45. The van der Waals surface area contributed by atoms with E-state index in [4.69, 9.17) is 0 Å². The van der Waals surface area contributed by atoms with E-state index in [2.05, 4.69) is 6.92 Å². The quantitative estimate of drug-likeness (QED) is 0.749. The number of aryl methyl sites for hydroxylation is 1. The van der Waals surface area contributed by atoms with Crippen molar-refractivity contribution in [2.75, 3.05) is 26.2 Å². The van der Waals surface area contributed by atoms with Crippen LogP contribution in [-0.4, -0.2) is 49.7 Å². The summed E-state index contributed by atoms with van der Waals surface area (Å²) < 4.78 is 26.7. The molecule has 5 nitrogen and oxygen atoms in total. The van der Waals surface area contributed by atoms with Crippen LogP contribution >= 0.6 is 0 Å². The predicted octanol–water partition coefficient (Wildman–Crippen LogP) is 2.41. The maximum Gasteiger partial charge on any atom is 0.243 e. The maximum absolute atomic E-state index is 12.6. The molecule has 0 aromatic heterocycles. The first-order valence-corrected chi connectivity index (χ1v) is 9.73. The molecule has 1 aliphatic rings. The smallest absolute Gasteiger partial charge is 0.243 e. The van der Waals surface area contributed by atoms with Crippen molar-refractivity contribution in [1.82, 2.24) is 9.21 Å². The third-order valence-electron chi connectivity index (χ3n) is 4.24. The van der Waals surface area contributed by atoms with E-state index >= 15 is 0 Å². The number of sulfonamides is 1. The lowest BCUT2D eigenvalue weighted by atomic mass is 10.2. The van der Waals surface area contributed by atoms with Gasteiger partial charge in [-0.05, 0) is 25.5 Å². The average Bonchev–Trinajstić information content (AvgIpc) is 2.55. The fourth-order valence-corrected chi connectivity index (χ4v) is 4.14. The van der Waals surface area contributed by atoms with Crippen LogP contribution < -0.4 is 0 Å². The van der Waals surface area contributed by atoms with Gasteiger partial charge in [0.2, 0.25) is 15.9 Å². The Hall–Kier alpha value is -1.40. The van der Waals surface area contributed by atoms with Gasteiger partial charge in [0.25, 0.3) is 0 Å². The highest BCUT2D eigenvalue weighted by Crippen LogP contribution is 2.18. The van der Waals surface area contributed by atoms with Crippen LogP contribution in [-0.2, 0) is 14.8 Å². The second kappa shape index (κ2) is 7.93. The normalized spacial score (nSPS) is 16.5. The standard InChI is InChI=1S/C17H26N2O3S/c1-3-4-5-6-17(20)18-11-13-19(14-12-18)23(21,22)16-9-7-15(2)8-10-16/h7-10H,3-6,11-14H2,1-2H3. The molecule has 0 radical (unpaired) electrons. The number of hydrogen-bond acceptors (Lipinski definition) is 3. The van der Waals surface area contributed by atoms with Crippen LogP contribution in [0.4, 0.5) is 0 Å². The van der Waals surface area contributed by atoms with Crippen molar-refractivity contribution < 1.29 is 13.2 Å². The summed E-state index contributed by atoms with van der Waals surface area (Å²) in [6.45, 7) is 5.75. The van der Waals surface area contributed by atoms with Crippen LogP contribution in [0.2, 0.25) is 0 Å². The van der Waals surface area contributed by atoms with Gasteiger partial charge in [-0.1, -0.05) is 37.5 Å². The Morgan fingerprint density at radius 1 is 1.04 bits per heavy atom. The molecule has 2 rings (SSSR count). The topological polar surface area (TPSA) is 57.7 Å². The van der Waals surface area contributed by atoms with Crippen molar-refractivity contribution in [2.24, 2.45) is 0 Å². The third-order valence-corrected chi connectivity index (χ3v) is 6.16. The maximum atomic E-state index is 12.6. The Labute approximate surface area is 139 Å². The number of carbonyl (C=O) groups excluding carboxylic acids is 1. The summed E-state index contributed by atoms with van der Waals surface area (Å²) in [7, 11) is -3.45. The molecule has 0 unspecified atom stereocenters. The zero-order chi connectivity index (χ0) is 16.9. The van der Waals surface area contributed by atoms with E-state index in [1.54, 1.807) is 29.2 Å². The SMILES string of the molecule is CCCCCC(=O)N1CCN(S(=O)(=O)c2ccc(C)cc2)CC1. The molecular formula is C17H26N2O3S. The van der Waals surface area contributed by atoms with E-state index in [0.717, 1.165) is 24.8 Å². The highest BCUT2D eigenvalue weighted by molar-refractivity contribution is 7.89. The largest absolute Gasteiger partial charge is 0.340 e. The Morgan fingerprint density at radius 3 is 2.22 bits per heavy atom. The number of unbranched alkanes of at least 4 members (excludes halogenated alkanes) is 2. The Bertz CT molecular complexity index is 618. The van der Waals surface area contributed by atoms with Crippen molar-refractivity contribution in [1.29, 1.82) is 0 Å². The zero-order valence-electron chi connectivity index (χ0n) is 14.0. The first kappa shape index (κ1) is 17.9. The molecule has 23 heavy (non-hydrogen) atoms. The van der Waals surface area contributed by atoms with Crippen LogP contribution in [0.1, 0.15) is 38.2 Å². The molecule has 1 fully saturated rings. The van der Waals surface area contributed by atoms with Gasteiger partial charge >= 0.3 is 0 Å². The van der Waals surface area contributed by atoms with Crippen molar-refractivity contribution in [3.63, 3.8) is 0 Å². The van der Waals surface area contributed by atoms with Crippen LogP contribution in [0, 0.1) is 6.92 Å². The Kier molecular flexibility index (Phi) is 6.18. The minimum absolute atomic E-state index is 0.144. The van der Waals surface area contributed by atoms with E-state index in [1.165, 1.54) is 4.31 Å². The van der Waals surface area contributed by atoms with E-state index in [1.807, 2.05) is 6.92 Å². The molecule has 1 amide bonds. The second-order valence-electron chi connectivity index (χ2n) is 6.06. The molecule has 0 spiro atoms. The zero-order valence-corrected chi connectivity index (χ0v) is 14.8. The number of amides is 1. The second-order valence-corrected chi connectivity index (χ2v) is 7.99. The van der Waals surface area contributed by atoms with Crippen LogP contribution in [0.15, 0.2) is 29.2 Å². The summed E-state index contributed by atoms with van der Waals surface area (Å²) in [4.78, 5) is 14.2. The molecule has 1 aromatic carbocycles. The van der Waals surface area contributed by atoms with E-state index in [9.17, 15) is 13.2 Å². The molecule has 0 aliphatic carbocycles. The average molecular weight is 338 g/mol. The number of nitrogens with zero attached hydrogens (tertiary/aromatic N) is 2. The fourth-order valence-electron chi connectivity index (χ4n) is 2.72. The molecule has 128 valence electrons. The summed E-state index contributed by atoms with van der Waals surface area (Å²) in [5, 5.41) is 0. The first-order valence-electron chi connectivity index (χ1n) is 8.29. The van der Waals surface area contributed by atoms with Gasteiger partial charge in [0.05, 0.1) is 4.90 Å². The van der Waals surface area contributed by atoms with Gasteiger partial charge in [0.1, 0.15) is 0 Å². The molecular weight excluding hydrogens is 312 g/mol. The summed E-state index contributed by atoms with van der Waals surface area (Å²) >= 11 is 0. The molecule has 0 N–H and O–H groups in total. The first-order chi connectivity index (χ1) is 10.9. The van der Waals surface area contributed by atoms with Crippen LogP contribution in [0.5, 0.6) is 0 Å². The molecule has 1 heterocycles. The summed E-state index contributed by atoms with van der Waals surface area (Å²) in [6, 6.07) is 6.90. The van der Waals surface area contributed by atoms with Crippen molar-refractivity contribution >= 4 is 15.9 Å². The molecule has 0 saturated carbocycles. The summed E-state index contributed by atoms with van der Waals surface area (Å²) in [6.07, 6.45) is 3.64. The Morgan fingerprint density at radius 2 is 1.65 bits per heavy atom. The number of carbonyl (C=O) groups is 1. The number of hydrogen-bond donors (Lipinski definition) is 0. The lowest BCUT2D eigenvalue weighted by Crippen LogP contribution is -2.50. The van der Waals surface area contributed by atoms with Gasteiger partial charge in [-0.25, -0.2) is 8.42 Å². The fraction of sp³-hybridized carbons (Fsp3) is 0.588. The van der Waals surface area contributed by atoms with Gasteiger partial charge in [0.15, 0.2) is 0 Å². The molecule has 0 bridgehead atoms. The lowest BCUT2D eigenvalue weighted by molar-refractivity contribution is -0.132. The van der Waals surface area contributed by atoms with E-state index in [0.29, 0.717) is 37.5 Å². The minimum Gasteiger partial charge on any atom is -0.340 e. The van der Waals surface area contributed by atoms with Gasteiger partial charge in [-0.3, -0.25) is 4.79 Å². The van der Waals surface area contributed by atoms with Crippen molar-refractivity contribution in [3.8, 4) is 0 Å². The number of benzene rings is 1. The third kappa shape index (κ3) is 4.54.